The minimum absolute atomic E-state index is 0.289. The van der Waals surface area contributed by atoms with Crippen LogP contribution in [0.3, 0.4) is 0 Å². The van der Waals surface area contributed by atoms with Crippen LogP contribution in [0.5, 0.6) is 0 Å². The van der Waals surface area contributed by atoms with E-state index in [0.717, 1.165) is 4.88 Å². The summed E-state index contributed by atoms with van der Waals surface area (Å²) >= 11 is 7.70. The lowest BCUT2D eigenvalue weighted by atomic mass is 10.3. The fourth-order valence-electron chi connectivity index (χ4n) is 1.49. The second-order valence-corrected chi connectivity index (χ2v) is 4.66. The number of carbonyl (C=O) groups is 1. The molecule has 2 aromatic rings. The summed E-state index contributed by atoms with van der Waals surface area (Å²) in [6.07, 6.45) is 0. The van der Waals surface area contributed by atoms with Crippen molar-refractivity contribution in [3.05, 3.63) is 28.2 Å². The molecule has 0 atom stereocenters. The van der Waals surface area contributed by atoms with Crippen molar-refractivity contribution < 1.29 is 9.53 Å². The summed E-state index contributed by atoms with van der Waals surface area (Å²) < 4.78 is 6.39. The van der Waals surface area contributed by atoms with E-state index in [0.29, 0.717) is 17.3 Å². The fourth-order valence-corrected chi connectivity index (χ4v) is 2.60. The van der Waals surface area contributed by atoms with Gasteiger partial charge in [-0.05, 0) is 18.4 Å². The van der Waals surface area contributed by atoms with Gasteiger partial charge in [0.25, 0.3) is 0 Å². The molecule has 0 saturated heterocycles. The molecule has 6 heteroatoms. The first kappa shape index (κ1) is 15.7. The number of rotatable bonds is 3. The maximum atomic E-state index is 11.7. The van der Waals surface area contributed by atoms with E-state index in [1.165, 1.54) is 16.0 Å². The van der Waals surface area contributed by atoms with Crippen LogP contribution in [-0.4, -0.2) is 22.4 Å². The minimum Gasteiger partial charge on any atom is -0.461 e. The molecule has 0 aliphatic carbocycles. The van der Waals surface area contributed by atoms with Crippen LogP contribution in [-0.2, 0) is 11.8 Å². The molecule has 0 unspecified atom stereocenters. The zero-order valence-corrected chi connectivity index (χ0v) is 13.0. The van der Waals surface area contributed by atoms with E-state index in [9.17, 15) is 4.79 Å². The molecule has 0 saturated carbocycles. The molecule has 0 radical (unpaired) electrons. The zero-order chi connectivity index (χ0) is 14.4. The van der Waals surface area contributed by atoms with E-state index >= 15 is 0 Å². The Bertz CT molecular complexity index is 535. The maximum Gasteiger partial charge on any atom is 0.358 e. The van der Waals surface area contributed by atoms with Crippen molar-refractivity contribution in [3.8, 4) is 10.6 Å². The molecular formula is C13H17ClN2O2S. The van der Waals surface area contributed by atoms with Crippen LogP contribution in [0.4, 0.5) is 0 Å². The molecular weight excluding hydrogens is 284 g/mol. The van der Waals surface area contributed by atoms with Crippen molar-refractivity contribution in [1.29, 1.82) is 0 Å². The van der Waals surface area contributed by atoms with Gasteiger partial charge in [-0.25, -0.2) is 4.79 Å². The molecule has 104 valence electrons. The lowest BCUT2D eigenvalue weighted by Gasteiger charge is -2.01. The van der Waals surface area contributed by atoms with Crippen LogP contribution < -0.4 is 0 Å². The van der Waals surface area contributed by atoms with Gasteiger partial charge in [0, 0.05) is 7.05 Å². The molecule has 2 aromatic heterocycles. The molecule has 0 aliphatic heterocycles. The average molecular weight is 301 g/mol. The predicted molar refractivity (Wildman–Crippen MR) is 78.8 cm³/mol. The second-order valence-electron chi connectivity index (χ2n) is 3.33. The van der Waals surface area contributed by atoms with Gasteiger partial charge in [0.1, 0.15) is 10.7 Å². The van der Waals surface area contributed by atoms with Crippen LogP contribution in [0.1, 0.15) is 31.3 Å². The molecule has 0 N–H and O–H groups in total. The smallest absolute Gasteiger partial charge is 0.358 e. The summed E-state index contributed by atoms with van der Waals surface area (Å²) in [5.41, 5.74) is 0.907. The fraction of sp³-hybridized carbons (Fsp3) is 0.385. The largest absolute Gasteiger partial charge is 0.461 e. The quantitative estimate of drug-likeness (QED) is 0.805. The Morgan fingerprint density at radius 2 is 2.21 bits per heavy atom. The lowest BCUT2D eigenvalue weighted by molar-refractivity contribution is 0.0514. The summed E-state index contributed by atoms with van der Waals surface area (Å²) in [7, 11) is 1.68. The van der Waals surface area contributed by atoms with Crippen LogP contribution in [0, 0.1) is 0 Å². The minimum atomic E-state index is -0.449. The zero-order valence-electron chi connectivity index (χ0n) is 11.4. The number of carbonyl (C=O) groups excluding carboxylic acids is 1. The topological polar surface area (TPSA) is 44.1 Å². The van der Waals surface area contributed by atoms with Crippen LogP contribution in [0.15, 0.2) is 17.5 Å². The van der Waals surface area contributed by atoms with Gasteiger partial charge in [-0.15, -0.1) is 11.3 Å². The molecule has 2 rings (SSSR count). The number of hydrogen-bond acceptors (Lipinski definition) is 4. The molecule has 4 nitrogen and oxygen atoms in total. The van der Waals surface area contributed by atoms with Crippen LogP contribution in [0.2, 0.25) is 5.02 Å². The summed E-state index contributed by atoms with van der Waals surface area (Å²) in [5, 5.41) is 6.53. The Morgan fingerprint density at radius 1 is 1.53 bits per heavy atom. The van der Waals surface area contributed by atoms with Gasteiger partial charge in [-0.1, -0.05) is 31.5 Å². The van der Waals surface area contributed by atoms with Gasteiger partial charge in [0.05, 0.1) is 11.5 Å². The van der Waals surface area contributed by atoms with Crippen molar-refractivity contribution in [3.63, 3.8) is 0 Å². The molecule has 0 bridgehead atoms. The number of esters is 1. The Kier molecular flexibility index (Phi) is 6.05. The van der Waals surface area contributed by atoms with Crippen molar-refractivity contribution >= 4 is 28.9 Å². The third-order valence-electron chi connectivity index (χ3n) is 2.21. The van der Waals surface area contributed by atoms with E-state index in [4.69, 9.17) is 16.3 Å². The molecule has 19 heavy (non-hydrogen) atoms. The number of aromatic nitrogens is 2. The number of ether oxygens (including phenoxy) is 1. The highest BCUT2D eigenvalue weighted by atomic mass is 35.5. The van der Waals surface area contributed by atoms with E-state index < -0.39 is 5.97 Å². The summed E-state index contributed by atoms with van der Waals surface area (Å²) in [5.74, 6) is -0.449. The third kappa shape index (κ3) is 3.36. The molecule has 0 spiro atoms. The van der Waals surface area contributed by atoms with Crippen molar-refractivity contribution in [2.75, 3.05) is 6.61 Å². The van der Waals surface area contributed by atoms with Crippen LogP contribution >= 0.6 is 22.9 Å². The van der Waals surface area contributed by atoms with E-state index in [-0.39, 0.29) is 5.69 Å². The van der Waals surface area contributed by atoms with Crippen LogP contribution in [0.25, 0.3) is 10.6 Å². The standard InChI is InChI=1S/C11H11ClN2O2S.C2H6/c1-3-16-11(15)10-8(12)9(13-14(10)2)7-5-4-6-17-7;1-2/h4-6H,3H2,1-2H3;1-2H3. The molecule has 0 amide bonds. The predicted octanol–water partition coefficient (Wildman–Crippen LogP) is 4.00. The molecule has 2 heterocycles. The molecule has 0 aliphatic rings. The third-order valence-corrected chi connectivity index (χ3v) is 3.45. The second kappa shape index (κ2) is 7.31. The Hall–Kier alpha value is -1.33. The van der Waals surface area contributed by atoms with Gasteiger partial charge in [0.15, 0.2) is 5.69 Å². The Labute approximate surface area is 122 Å². The van der Waals surface area contributed by atoms with E-state index in [1.54, 1.807) is 14.0 Å². The number of nitrogens with zero attached hydrogens (tertiary/aromatic N) is 2. The normalized spacial score (nSPS) is 9.74. The first-order valence-corrected chi connectivity index (χ1v) is 7.34. The van der Waals surface area contributed by atoms with Gasteiger partial charge in [-0.3, -0.25) is 4.68 Å². The van der Waals surface area contributed by atoms with Crippen molar-refractivity contribution in [2.45, 2.75) is 20.8 Å². The highest BCUT2D eigenvalue weighted by molar-refractivity contribution is 7.13. The Balaban J connectivity index is 0.000000861. The van der Waals surface area contributed by atoms with E-state index in [2.05, 4.69) is 5.10 Å². The summed E-state index contributed by atoms with van der Waals surface area (Å²) in [4.78, 5) is 12.6. The van der Waals surface area contributed by atoms with Crippen molar-refractivity contribution in [2.24, 2.45) is 7.05 Å². The lowest BCUT2D eigenvalue weighted by Crippen LogP contribution is -2.10. The van der Waals surface area contributed by atoms with Gasteiger partial charge in [0.2, 0.25) is 0 Å². The number of thiophene rings is 1. The van der Waals surface area contributed by atoms with Gasteiger partial charge < -0.3 is 4.74 Å². The Morgan fingerprint density at radius 3 is 2.74 bits per heavy atom. The highest BCUT2D eigenvalue weighted by Gasteiger charge is 2.22. The molecule has 0 fully saturated rings. The van der Waals surface area contributed by atoms with Gasteiger partial charge in [-0.2, -0.15) is 5.10 Å². The summed E-state index contributed by atoms with van der Waals surface area (Å²) in [6, 6.07) is 3.82. The number of halogens is 1. The SMILES string of the molecule is CC.CCOC(=O)c1c(Cl)c(-c2cccs2)nn1C. The first-order chi connectivity index (χ1) is 9.15. The van der Waals surface area contributed by atoms with Crippen molar-refractivity contribution in [1.82, 2.24) is 9.78 Å². The monoisotopic (exact) mass is 300 g/mol. The number of aryl methyl sites for hydroxylation is 1. The average Bonchev–Trinajstić information content (AvgIpc) is 3.00. The highest BCUT2D eigenvalue weighted by Crippen LogP contribution is 2.32. The first-order valence-electron chi connectivity index (χ1n) is 6.08. The van der Waals surface area contributed by atoms with Gasteiger partial charge >= 0.3 is 5.97 Å². The molecule has 0 aromatic carbocycles. The summed E-state index contributed by atoms with van der Waals surface area (Å²) in [6.45, 7) is 6.07. The maximum absolute atomic E-state index is 11.7. The van der Waals surface area contributed by atoms with E-state index in [1.807, 2.05) is 31.4 Å². The number of hydrogen-bond donors (Lipinski definition) is 0.